The third-order valence-electron chi connectivity index (χ3n) is 2.83. The summed E-state index contributed by atoms with van der Waals surface area (Å²) in [4.78, 5) is 2.00. The first-order valence-corrected chi connectivity index (χ1v) is 5.89. The quantitative estimate of drug-likeness (QED) is 0.729. The van der Waals surface area contributed by atoms with Crippen molar-refractivity contribution < 1.29 is 10.2 Å². The van der Waals surface area contributed by atoms with Crippen molar-refractivity contribution in [2.24, 2.45) is 5.73 Å². The molecule has 4 heteroatoms. The first-order chi connectivity index (χ1) is 7.91. The van der Waals surface area contributed by atoms with Crippen LogP contribution in [-0.4, -0.2) is 29.9 Å². The third-order valence-corrected chi connectivity index (χ3v) is 2.83. The summed E-state index contributed by atoms with van der Waals surface area (Å²) in [7, 11) is 1.93. The fraction of sp³-hybridized carbons (Fsp3) is 0.538. The lowest BCUT2D eigenvalue weighted by Crippen LogP contribution is -2.21. The predicted octanol–water partition coefficient (Wildman–Crippen LogP) is 1.62. The van der Waals surface area contributed by atoms with Crippen LogP contribution in [0.3, 0.4) is 0 Å². The van der Waals surface area contributed by atoms with Gasteiger partial charge in [-0.1, -0.05) is 6.07 Å². The number of hydrogen-bond acceptors (Lipinski definition) is 4. The lowest BCUT2D eigenvalue weighted by Gasteiger charge is -2.21. The highest BCUT2D eigenvalue weighted by molar-refractivity contribution is 5.53. The molecule has 96 valence electrons. The van der Waals surface area contributed by atoms with E-state index in [4.69, 9.17) is 5.73 Å². The standard InChI is InChI=1S/C13H22N2O2/c1-9(16)6-7-15(3)11-4-5-12(10(2)14)13(17)8-11/h4-5,8-10,16-17H,6-7,14H2,1-3H3. The van der Waals surface area contributed by atoms with Gasteiger partial charge in [0.05, 0.1) is 6.10 Å². The van der Waals surface area contributed by atoms with Gasteiger partial charge in [0.1, 0.15) is 5.75 Å². The van der Waals surface area contributed by atoms with Gasteiger partial charge < -0.3 is 20.8 Å². The largest absolute Gasteiger partial charge is 0.508 e. The lowest BCUT2D eigenvalue weighted by atomic mass is 10.1. The molecule has 17 heavy (non-hydrogen) atoms. The van der Waals surface area contributed by atoms with E-state index in [0.717, 1.165) is 17.8 Å². The van der Waals surface area contributed by atoms with E-state index in [9.17, 15) is 10.2 Å². The summed E-state index contributed by atoms with van der Waals surface area (Å²) in [6.07, 6.45) is 0.390. The van der Waals surface area contributed by atoms with Gasteiger partial charge in [0, 0.05) is 37.0 Å². The number of aromatic hydroxyl groups is 1. The van der Waals surface area contributed by atoms with Gasteiger partial charge >= 0.3 is 0 Å². The molecule has 0 radical (unpaired) electrons. The molecule has 0 fully saturated rings. The van der Waals surface area contributed by atoms with Crippen LogP contribution < -0.4 is 10.6 Å². The van der Waals surface area contributed by atoms with Crippen LogP contribution in [0.4, 0.5) is 5.69 Å². The van der Waals surface area contributed by atoms with Crippen LogP contribution in [0.5, 0.6) is 5.75 Å². The Labute approximate surface area is 103 Å². The summed E-state index contributed by atoms with van der Waals surface area (Å²) in [5, 5.41) is 19.1. The molecule has 4 N–H and O–H groups in total. The molecule has 0 amide bonds. The van der Waals surface area contributed by atoms with Gasteiger partial charge in [-0.05, 0) is 26.3 Å². The summed E-state index contributed by atoms with van der Waals surface area (Å²) in [5.41, 5.74) is 7.40. The molecule has 2 atom stereocenters. The molecule has 0 bridgehead atoms. The Kier molecular flexibility index (Phi) is 4.78. The number of anilines is 1. The highest BCUT2D eigenvalue weighted by Crippen LogP contribution is 2.27. The Balaban J connectivity index is 2.75. The molecule has 2 unspecified atom stereocenters. The monoisotopic (exact) mass is 238 g/mol. The maximum absolute atomic E-state index is 9.83. The highest BCUT2D eigenvalue weighted by atomic mass is 16.3. The number of phenolic OH excluding ortho intramolecular Hbond substituents is 1. The summed E-state index contributed by atoms with van der Waals surface area (Å²) in [5.74, 6) is 0.224. The van der Waals surface area contributed by atoms with Crippen LogP contribution in [0.25, 0.3) is 0 Å². The van der Waals surface area contributed by atoms with Crippen molar-refractivity contribution in [1.82, 2.24) is 0 Å². The second-order valence-electron chi connectivity index (χ2n) is 4.59. The topological polar surface area (TPSA) is 69.7 Å². The number of hydrogen-bond donors (Lipinski definition) is 3. The van der Waals surface area contributed by atoms with E-state index in [-0.39, 0.29) is 17.9 Å². The minimum atomic E-state index is -0.311. The number of nitrogens with zero attached hydrogens (tertiary/aromatic N) is 1. The average molecular weight is 238 g/mol. The number of aliphatic hydroxyl groups excluding tert-OH is 1. The SMILES string of the molecule is CC(O)CCN(C)c1ccc(C(C)N)c(O)c1. The van der Waals surface area contributed by atoms with Crippen molar-refractivity contribution in [3.63, 3.8) is 0 Å². The van der Waals surface area contributed by atoms with Crippen molar-refractivity contribution in [2.75, 3.05) is 18.5 Å². The van der Waals surface area contributed by atoms with Crippen molar-refractivity contribution in [3.8, 4) is 5.75 Å². The van der Waals surface area contributed by atoms with Gasteiger partial charge in [-0.3, -0.25) is 0 Å². The molecule has 0 spiro atoms. The van der Waals surface area contributed by atoms with Crippen molar-refractivity contribution in [2.45, 2.75) is 32.4 Å². The number of nitrogens with two attached hydrogens (primary N) is 1. The van der Waals surface area contributed by atoms with Gasteiger partial charge in [0.15, 0.2) is 0 Å². The van der Waals surface area contributed by atoms with Gasteiger partial charge in [-0.15, -0.1) is 0 Å². The second-order valence-corrected chi connectivity index (χ2v) is 4.59. The van der Waals surface area contributed by atoms with Gasteiger partial charge in [0.2, 0.25) is 0 Å². The van der Waals surface area contributed by atoms with E-state index in [0.29, 0.717) is 6.42 Å². The predicted molar refractivity (Wildman–Crippen MR) is 70.3 cm³/mol. The zero-order valence-electron chi connectivity index (χ0n) is 10.7. The van der Waals surface area contributed by atoms with Gasteiger partial charge in [-0.2, -0.15) is 0 Å². The Bertz CT molecular complexity index is 364. The molecule has 1 rings (SSSR count). The Morgan fingerprint density at radius 1 is 1.35 bits per heavy atom. The molecular formula is C13H22N2O2. The maximum Gasteiger partial charge on any atom is 0.122 e. The van der Waals surface area contributed by atoms with Crippen LogP contribution in [0, 0.1) is 0 Å². The highest BCUT2D eigenvalue weighted by Gasteiger charge is 2.09. The second kappa shape index (κ2) is 5.89. The first kappa shape index (κ1) is 13.8. The van der Waals surface area contributed by atoms with E-state index in [2.05, 4.69) is 0 Å². The summed E-state index contributed by atoms with van der Waals surface area (Å²) < 4.78 is 0. The summed E-state index contributed by atoms with van der Waals surface area (Å²) >= 11 is 0. The molecule has 1 aromatic rings. The number of aliphatic hydroxyl groups is 1. The third kappa shape index (κ3) is 3.91. The summed E-state index contributed by atoms with van der Waals surface area (Å²) in [6.45, 7) is 4.35. The Morgan fingerprint density at radius 2 is 2.00 bits per heavy atom. The molecule has 0 aliphatic rings. The fourth-order valence-corrected chi connectivity index (χ4v) is 1.66. The van der Waals surface area contributed by atoms with Crippen LogP contribution in [-0.2, 0) is 0 Å². The number of rotatable bonds is 5. The molecule has 0 aliphatic heterocycles. The van der Waals surface area contributed by atoms with Crippen molar-refractivity contribution in [1.29, 1.82) is 0 Å². The van der Waals surface area contributed by atoms with Crippen LogP contribution in [0.2, 0.25) is 0 Å². The normalized spacial score (nSPS) is 14.4. The summed E-state index contributed by atoms with van der Waals surface area (Å²) in [6, 6.07) is 5.31. The van der Waals surface area contributed by atoms with Gasteiger partial charge in [-0.25, -0.2) is 0 Å². The van der Waals surface area contributed by atoms with Crippen LogP contribution in [0.15, 0.2) is 18.2 Å². The van der Waals surface area contributed by atoms with E-state index < -0.39 is 0 Å². The maximum atomic E-state index is 9.83. The fourth-order valence-electron chi connectivity index (χ4n) is 1.66. The van der Waals surface area contributed by atoms with E-state index in [1.165, 1.54) is 0 Å². The van der Waals surface area contributed by atoms with E-state index in [1.807, 2.05) is 31.0 Å². The Hall–Kier alpha value is -1.26. The van der Waals surface area contributed by atoms with E-state index in [1.54, 1.807) is 13.0 Å². The zero-order chi connectivity index (χ0) is 13.0. The van der Waals surface area contributed by atoms with Crippen LogP contribution in [0.1, 0.15) is 31.9 Å². The molecule has 4 nitrogen and oxygen atoms in total. The molecule has 0 saturated carbocycles. The van der Waals surface area contributed by atoms with Crippen LogP contribution >= 0.6 is 0 Å². The molecule has 0 heterocycles. The molecule has 0 aromatic heterocycles. The van der Waals surface area contributed by atoms with Crippen molar-refractivity contribution in [3.05, 3.63) is 23.8 Å². The van der Waals surface area contributed by atoms with Crippen molar-refractivity contribution >= 4 is 5.69 Å². The number of benzene rings is 1. The minimum Gasteiger partial charge on any atom is -0.508 e. The Morgan fingerprint density at radius 3 is 2.47 bits per heavy atom. The molecule has 1 aromatic carbocycles. The van der Waals surface area contributed by atoms with E-state index >= 15 is 0 Å². The molecule has 0 aliphatic carbocycles. The lowest BCUT2D eigenvalue weighted by molar-refractivity contribution is 0.187. The average Bonchev–Trinajstić information content (AvgIpc) is 2.25. The van der Waals surface area contributed by atoms with Gasteiger partial charge in [0.25, 0.3) is 0 Å². The molecular weight excluding hydrogens is 216 g/mol. The number of phenols is 1. The molecule has 0 saturated heterocycles. The first-order valence-electron chi connectivity index (χ1n) is 5.89. The minimum absolute atomic E-state index is 0.174. The smallest absolute Gasteiger partial charge is 0.122 e. The zero-order valence-corrected chi connectivity index (χ0v) is 10.7.